The lowest BCUT2D eigenvalue weighted by atomic mass is 9.77. The van der Waals surface area contributed by atoms with Crippen LogP contribution in [0.2, 0.25) is 0 Å². The fourth-order valence-corrected chi connectivity index (χ4v) is 4.39. The van der Waals surface area contributed by atoms with E-state index in [0.29, 0.717) is 12.2 Å². The Morgan fingerprint density at radius 2 is 1.50 bits per heavy atom. The summed E-state index contributed by atoms with van der Waals surface area (Å²) >= 11 is 0. The maximum absolute atomic E-state index is 6.34. The Morgan fingerprint density at radius 3 is 1.89 bits per heavy atom. The van der Waals surface area contributed by atoms with E-state index in [1.807, 2.05) is 0 Å². The molecule has 0 radical (unpaired) electrons. The first-order valence-electron chi connectivity index (χ1n) is 7.68. The van der Waals surface area contributed by atoms with Crippen LogP contribution in [-0.4, -0.2) is 34.7 Å². The lowest BCUT2D eigenvalue weighted by Crippen LogP contribution is -2.62. The van der Waals surface area contributed by atoms with Crippen LogP contribution in [0.15, 0.2) is 0 Å². The summed E-state index contributed by atoms with van der Waals surface area (Å²) in [5, 5.41) is 0. The molecule has 1 aliphatic carbocycles. The van der Waals surface area contributed by atoms with Gasteiger partial charge in [0.2, 0.25) is 0 Å². The van der Waals surface area contributed by atoms with E-state index in [4.69, 9.17) is 4.74 Å². The van der Waals surface area contributed by atoms with Crippen LogP contribution in [0.3, 0.4) is 0 Å². The van der Waals surface area contributed by atoms with E-state index in [1.54, 1.807) is 0 Å². The van der Waals surface area contributed by atoms with Crippen LogP contribution in [0.5, 0.6) is 0 Å². The van der Waals surface area contributed by atoms with Crippen LogP contribution >= 0.6 is 0 Å². The molecule has 1 saturated carbocycles. The summed E-state index contributed by atoms with van der Waals surface area (Å²) in [6.45, 7) is 15.2. The molecule has 0 aromatic heterocycles. The minimum absolute atomic E-state index is 0.260. The maximum Gasteiger partial charge on any atom is 0.0613 e. The first-order valence-corrected chi connectivity index (χ1v) is 7.68. The molecule has 0 atom stereocenters. The summed E-state index contributed by atoms with van der Waals surface area (Å²) in [5.41, 5.74) is 0.521. The van der Waals surface area contributed by atoms with Gasteiger partial charge in [0.25, 0.3) is 0 Å². The van der Waals surface area contributed by atoms with Gasteiger partial charge >= 0.3 is 0 Å². The Kier molecular flexibility index (Phi) is 3.81. The molecule has 0 aromatic rings. The largest absolute Gasteiger partial charge is 0.375 e. The van der Waals surface area contributed by atoms with Crippen LogP contribution in [0.1, 0.15) is 67.2 Å². The Labute approximate surface area is 113 Å². The van der Waals surface area contributed by atoms with Gasteiger partial charge in [0.1, 0.15) is 0 Å². The zero-order valence-corrected chi connectivity index (χ0v) is 13.1. The topological polar surface area (TPSA) is 12.5 Å². The van der Waals surface area contributed by atoms with Crippen LogP contribution < -0.4 is 0 Å². The SMILES string of the molecule is CCN1C(C)(C)CC(OC2CC(C)C2)CC1(C)C. The van der Waals surface area contributed by atoms with Gasteiger partial charge in [-0.05, 0) is 65.8 Å². The number of likely N-dealkylation sites (tertiary alicyclic amines) is 1. The maximum atomic E-state index is 6.34. The smallest absolute Gasteiger partial charge is 0.0613 e. The highest BCUT2D eigenvalue weighted by Gasteiger charge is 2.45. The third-order valence-corrected chi connectivity index (χ3v) is 4.95. The van der Waals surface area contributed by atoms with E-state index < -0.39 is 0 Å². The van der Waals surface area contributed by atoms with Gasteiger partial charge in [-0.3, -0.25) is 4.90 Å². The van der Waals surface area contributed by atoms with E-state index in [0.717, 1.165) is 12.5 Å². The molecule has 2 heteroatoms. The van der Waals surface area contributed by atoms with Gasteiger partial charge in [-0.2, -0.15) is 0 Å². The van der Waals surface area contributed by atoms with Crippen LogP contribution in [0.4, 0.5) is 0 Å². The average molecular weight is 253 g/mol. The highest BCUT2D eigenvalue weighted by Crippen LogP contribution is 2.41. The van der Waals surface area contributed by atoms with Crippen molar-refractivity contribution < 1.29 is 4.74 Å². The molecule has 1 aliphatic heterocycles. The number of piperidine rings is 1. The molecule has 1 heterocycles. The number of ether oxygens (including phenoxy) is 1. The number of hydrogen-bond acceptors (Lipinski definition) is 2. The summed E-state index contributed by atoms with van der Waals surface area (Å²) in [5.74, 6) is 0.881. The molecule has 2 aliphatic rings. The lowest BCUT2D eigenvalue weighted by Gasteiger charge is -2.55. The highest BCUT2D eigenvalue weighted by molar-refractivity contribution is 5.00. The van der Waals surface area contributed by atoms with Crippen molar-refractivity contribution in [3.05, 3.63) is 0 Å². The Balaban J connectivity index is 1.99. The van der Waals surface area contributed by atoms with Gasteiger partial charge in [-0.25, -0.2) is 0 Å². The van der Waals surface area contributed by atoms with Gasteiger partial charge in [0, 0.05) is 11.1 Å². The van der Waals surface area contributed by atoms with Crippen molar-refractivity contribution in [3.8, 4) is 0 Å². The van der Waals surface area contributed by atoms with Gasteiger partial charge < -0.3 is 4.74 Å². The van der Waals surface area contributed by atoms with Crippen molar-refractivity contribution in [1.82, 2.24) is 4.90 Å². The van der Waals surface area contributed by atoms with Crippen molar-refractivity contribution in [3.63, 3.8) is 0 Å². The first-order chi connectivity index (χ1) is 8.24. The molecule has 0 N–H and O–H groups in total. The fourth-order valence-electron chi connectivity index (χ4n) is 4.39. The zero-order valence-electron chi connectivity index (χ0n) is 13.1. The molecule has 0 bridgehead atoms. The molecule has 2 nitrogen and oxygen atoms in total. The van der Waals surface area contributed by atoms with Crippen molar-refractivity contribution in [2.24, 2.45) is 5.92 Å². The normalized spacial score (nSPS) is 36.3. The molecule has 0 unspecified atom stereocenters. The molecule has 18 heavy (non-hydrogen) atoms. The quantitative estimate of drug-likeness (QED) is 0.757. The summed E-state index contributed by atoms with van der Waals surface area (Å²) in [6, 6.07) is 0. The number of rotatable bonds is 3. The van der Waals surface area contributed by atoms with Crippen molar-refractivity contribution in [1.29, 1.82) is 0 Å². The van der Waals surface area contributed by atoms with Crippen molar-refractivity contribution >= 4 is 0 Å². The predicted octanol–water partition coefficient (Wildman–Crippen LogP) is 3.84. The molecule has 2 fully saturated rings. The monoisotopic (exact) mass is 253 g/mol. The third kappa shape index (κ3) is 2.75. The highest BCUT2D eigenvalue weighted by atomic mass is 16.5. The van der Waals surface area contributed by atoms with E-state index in [-0.39, 0.29) is 11.1 Å². The Bertz CT molecular complexity index is 273. The molecule has 2 rings (SSSR count). The van der Waals surface area contributed by atoms with Gasteiger partial charge in [-0.15, -0.1) is 0 Å². The summed E-state index contributed by atoms with van der Waals surface area (Å²) < 4.78 is 6.34. The van der Waals surface area contributed by atoms with E-state index in [1.165, 1.54) is 25.7 Å². The molecule has 1 saturated heterocycles. The second kappa shape index (κ2) is 4.79. The Morgan fingerprint density at radius 1 is 1.00 bits per heavy atom. The molecule has 0 amide bonds. The van der Waals surface area contributed by atoms with Crippen LogP contribution in [0, 0.1) is 5.92 Å². The first kappa shape index (κ1) is 14.3. The standard InChI is InChI=1S/C16H31NO/c1-7-17-15(3,4)10-14(11-16(17,5)6)18-13-8-12(2)9-13/h12-14H,7-11H2,1-6H3. The predicted molar refractivity (Wildman–Crippen MR) is 76.8 cm³/mol. The zero-order chi connectivity index (χ0) is 13.6. The second-order valence-corrected chi connectivity index (χ2v) is 7.73. The molecule has 106 valence electrons. The van der Waals surface area contributed by atoms with E-state index in [2.05, 4.69) is 46.4 Å². The Hall–Kier alpha value is -0.0800. The van der Waals surface area contributed by atoms with Crippen LogP contribution in [-0.2, 0) is 4.74 Å². The van der Waals surface area contributed by atoms with Crippen molar-refractivity contribution in [2.75, 3.05) is 6.54 Å². The lowest BCUT2D eigenvalue weighted by molar-refractivity contribution is -0.144. The number of nitrogens with zero attached hydrogens (tertiary/aromatic N) is 1. The van der Waals surface area contributed by atoms with E-state index in [9.17, 15) is 0 Å². The number of hydrogen-bond donors (Lipinski definition) is 0. The summed E-state index contributed by atoms with van der Waals surface area (Å²) in [6.07, 6.45) is 5.90. The van der Waals surface area contributed by atoms with Gasteiger partial charge in [0.15, 0.2) is 0 Å². The average Bonchev–Trinajstić information content (AvgIpc) is 2.11. The third-order valence-electron chi connectivity index (χ3n) is 4.95. The second-order valence-electron chi connectivity index (χ2n) is 7.73. The van der Waals surface area contributed by atoms with Crippen LogP contribution in [0.25, 0.3) is 0 Å². The van der Waals surface area contributed by atoms with E-state index >= 15 is 0 Å². The van der Waals surface area contributed by atoms with Gasteiger partial charge in [0.05, 0.1) is 12.2 Å². The minimum atomic E-state index is 0.260. The summed E-state index contributed by atoms with van der Waals surface area (Å²) in [4.78, 5) is 2.64. The summed E-state index contributed by atoms with van der Waals surface area (Å²) in [7, 11) is 0. The fraction of sp³-hybridized carbons (Fsp3) is 1.00. The molecule has 0 spiro atoms. The molecular formula is C16H31NO. The van der Waals surface area contributed by atoms with Gasteiger partial charge in [-0.1, -0.05) is 13.8 Å². The van der Waals surface area contributed by atoms with Crippen molar-refractivity contribution in [2.45, 2.75) is 90.5 Å². The molecule has 0 aromatic carbocycles. The molecular weight excluding hydrogens is 222 g/mol. The minimum Gasteiger partial charge on any atom is -0.375 e.